The van der Waals surface area contributed by atoms with Crippen molar-refractivity contribution in [1.29, 1.82) is 0 Å². The van der Waals surface area contributed by atoms with Gasteiger partial charge < -0.3 is 20.2 Å². The molecule has 2 aromatic heterocycles. The minimum absolute atomic E-state index is 0.0181. The van der Waals surface area contributed by atoms with Crippen molar-refractivity contribution in [2.45, 2.75) is 55.6 Å². The smallest absolute Gasteiger partial charge is 0.377 e. The lowest BCUT2D eigenvalue weighted by molar-refractivity contribution is -0.286. The number of amides is 1. The summed E-state index contributed by atoms with van der Waals surface area (Å²) in [6, 6.07) is 4.47. The highest BCUT2D eigenvalue weighted by Gasteiger charge is 2.67. The van der Waals surface area contributed by atoms with Crippen molar-refractivity contribution in [1.82, 2.24) is 9.97 Å². The Balaban J connectivity index is 1.76. The fraction of sp³-hybridized carbons (Fsp3) is 0.400. The predicted molar refractivity (Wildman–Crippen MR) is 121 cm³/mol. The van der Waals surface area contributed by atoms with Crippen molar-refractivity contribution in [3.63, 3.8) is 0 Å². The third kappa shape index (κ3) is 3.89. The first kappa shape index (κ1) is 25.3. The van der Waals surface area contributed by atoms with Crippen LogP contribution >= 0.6 is 0 Å². The first-order valence-corrected chi connectivity index (χ1v) is 11.5. The van der Waals surface area contributed by atoms with E-state index in [1.165, 1.54) is 18.3 Å². The molecule has 5 rings (SSSR count). The van der Waals surface area contributed by atoms with Gasteiger partial charge in [0, 0.05) is 31.0 Å². The average molecular weight is 523 g/mol. The van der Waals surface area contributed by atoms with Gasteiger partial charge in [-0.3, -0.25) is 14.6 Å². The van der Waals surface area contributed by atoms with Gasteiger partial charge in [0.15, 0.2) is 22.7 Å². The van der Waals surface area contributed by atoms with Gasteiger partial charge in [-0.15, -0.1) is 0 Å². The number of carbonyl (C=O) groups is 1. The number of H-pyrrole nitrogens is 1. The molecule has 12 heteroatoms. The van der Waals surface area contributed by atoms with Crippen molar-refractivity contribution in [2.24, 2.45) is 5.73 Å². The number of carbonyl (C=O) groups excluding carboxylic acids is 1. The number of hydrogen-bond acceptors (Lipinski definition) is 5. The molecule has 7 nitrogen and oxygen atoms in total. The molecule has 1 aliphatic heterocycles. The Morgan fingerprint density at radius 3 is 2.54 bits per heavy atom. The van der Waals surface area contributed by atoms with Crippen LogP contribution in [0.5, 0.6) is 0 Å². The maximum Gasteiger partial charge on any atom is 0.419 e. The zero-order valence-corrected chi connectivity index (χ0v) is 19.7. The molecule has 4 atom stereocenters. The minimum atomic E-state index is -4.92. The van der Waals surface area contributed by atoms with Gasteiger partial charge in [-0.25, -0.2) is 8.78 Å². The Morgan fingerprint density at radius 2 is 1.95 bits per heavy atom. The van der Waals surface area contributed by atoms with Gasteiger partial charge in [0.1, 0.15) is 17.9 Å². The van der Waals surface area contributed by atoms with E-state index < -0.39 is 52.9 Å². The van der Waals surface area contributed by atoms with Gasteiger partial charge in [-0.05, 0) is 48.9 Å². The van der Waals surface area contributed by atoms with E-state index in [9.17, 15) is 31.5 Å². The zero-order chi connectivity index (χ0) is 26.9. The van der Waals surface area contributed by atoms with Crippen molar-refractivity contribution >= 4 is 16.8 Å². The van der Waals surface area contributed by atoms with Crippen molar-refractivity contribution in [3.05, 3.63) is 74.8 Å². The summed E-state index contributed by atoms with van der Waals surface area (Å²) in [4.78, 5) is 31.5. The lowest BCUT2D eigenvalue weighted by Crippen LogP contribution is -2.51. The number of halogens is 5. The Bertz CT molecular complexity index is 1470. The van der Waals surface area contributed by atoms with Gasteiger partial charge in [0.05, 0.1) is 10.9 Å². The van der Waals surface area contributed by atoms with E-state index in [-0.39, 0.29) is 39.3 Å². The number of hydrogen-bond donors (Lipinski definition) is 2. The number of nitrogens with two attached hydrogens (primary N) is 1. The summed E-state index contributed by atoms with van der Waals surface area (Å²) in [6.07, 6.45) is -5.74. The summed E-state index contributed by atoms with van der Waals surface area (Å²) in [5, 5.41) is -0.137. The lowest BCUT2D eigenvalue weighted by Gasteiger charge is -2.33. The van der Waals surface area contributed by atoms with Gasteiger partial charge in [-0.2, -0.15) is 13.2 Å². The van der Waals surface area contributed by atoms with Crippen LogP contribution in [0.2, 0.25) is 0 Å². The van der Waals surface area contributed by atoms with E-state index in [2.05, 4.69) is 9.97 Å². The Hall–Kier alpha value is -3.38. The maximum absolute atomic E-state index is 15.0. The molecule has 0 bridgehead atoms. The molecule has 1 aliphatic carbocycles. The molecule has 3 N–H and O–H groups in total. The number of aromatic nitrogens is 2. The van der Waals surface area contributed by atoms with Crippen molar-refractivity contribution in [3.8, 4) is 0 Å². The molecule has 2 aliphatic rings. The third-order valence-corrected chi connectivity index (χ3v) is 7.20. The van der Waals surface area contributed by atoms with Crippen molar-refractivity contribution in [2.75, 3.05) is 7.11 Å². The van der Waals surface area contributed by atoms with Gasteiger partial charge >= 0.3 is 6.18 Å². The molecule has 196 valence electrons. The highest BCUT2D eigenvalue weighted by Crippen LogP contribution is 2.58. The Labute approximate surface area is 206 Å². The number of primary amides is 1. The fourth-order valence-corrected chi connectivity index (χ4v) is 5.31. The largest absolute Gasteiger partial charge is 0.419 e. The van der Waals surface area contributed by atoms with Crippen LogP contribution < -0.4 is 11.2 Å². The second-order valence-corrected chi connectivity index (χ2v) is 9.50. The summed E-state index contributed by atoms with van der Waals surface area (Å²) < 4.78 is 83.3. The second-order valence-electron chi connectivity index (χ2n) is 9.50. The number of benzene rings is 1. The van der Waals surface area contributed by atoms with Gasteiger partial charge in [-0.1, -0.05) is 6.07 Å². The highest BCUT2D eigenvalue weighted by molar-refractivity contribution is 6.03. The number of fused-ring (bicyclic) bond motifs is 1. The first-order chi connectivity index (χ1) is 17.4. The number of alkyl halides is 3. The first-order valence-electron chi connectivity index (χ1n) is 11.5. The molecule has 0 unspecified atom stereocenters. The summed E-state index contributed by atoms with van der Waals surface area (Å²) in [5.74, 6) is -4.83. The number of nitrogens with one attached hydrogen (secondary N) is 1. The topological polar surface area (TPSA) is 107 Å². The van der Waals surface area contributed by atoms with E-state index >= 15 is 0 Å². The van der Waals surface area contributed by atoms with Crippen LogP contribution in [-0.4, -0.2) is 40.9 Å². The molecule has 1 amide bonds. The van der Waals surface area contributed by atoms with Crippen LogP contribution in [0.25, 0.3) is 10.9 Å². The molecule has 1 saturated heterocycles. The molecule has 1 aromatic carbocycles. The summed E-state index contributed by atoms with van der Waals surface area (Å²) >= 11 is 0. The molecular weight excluding hydrogens is 501 g/mol. The van der Waals surface area contributed by atoms with E-state index in [1.807, 2.05) is 0 Å². The minimum Gasteiger partial charge on any atom is -0.377 e. The predicted octanol–water partition coefficient (Wildman–Crippen LogP) is 4.37. The number of pyridine rings is 2. The van der Waals surface area contributed by atoms with E-state index in [0.29, 0.717) is 12.8 Å². The quantitative estimate of drug-likeness (QED) is 0.483. The van der Waals surface area contributed by atoms with Crippen LogP contribution in [0.1, 0.15) is 65.0 Å². The van der Waals surface area contributed by atoms with Crippen molar-refractivity contribution < 1.29 is 36.2 Å². The van der Waals surface area contributed by atoms with Gasteiger partial charge in [0.2, 0.25) is 0 Å². The number of ether oxygens (including phenoxy) is 2. The standard InChI is InChI=1S/C25H22F5N3O4/c1-24(25(28,29)30)22(36-2)17(11-5-6-12(26)19(27)16(11)10-3-4-10)21(37-24)14-9-15(34)18-13(33-14)7-8-32-20(18)23(31)35/h5-10,17,21-22H,3-4H2,1-2H3,(H2,31,35)(H,33,34)/t17-,21-,22-,24+/m0/s1. The van der Waals surface area contributed by atoms with Gasteiger partial charge in [0.25, 0.3) is 5.91 Å². The monoisotopic (exact) mass is 523 g/mol. The molecular formula is C25H22F5N3O4. The maximum atomic E-state index is 15.0. The lowest BCUT2D eigenvalue weighted by atomic mass is 9.79. The Kier molecular flexibility index (Phi) is 5.87. The van der Waals surface area contributed by atoms with Crippen LogP contribution in [-0.2, 0) is 9.47 Å². The molecule has 1 saturated carbocycles. The number of aromatic amines is 1. The fourth-order valence-electron chi connectivity index (χ4n) is 5.31. The summed E-state index contributed by atoms with van der Waals surface area (Å²) in [7, 11) is 1.08. The average Bonchev–Trinajstić information content (AvgIpc) is 3.61. The molecule has 0 radical (unpaired) electrons. The highest BCUT2D eigenvalue weighted by atomic mass is 19.4. The van der Waals surface area contributed by atoms with E-state index in [4.69, 9.17) is 15.2 Å². The molecule has 2 fully saturated rings. The second kappa shape index (κ2) is 8.59. The zero-order valence-electron chi connectivity index (χ0n) is 19.7. The summed E-state index contributed by atoms with van der Waals surface area (Å²) in [6.45, 7) is 0.819. The van der Waals surface area contributed by atoms with E-state index in [1.54, 1.807) is 0 Å². The number of nitrogens with zero attached hydrogens (tertiary/aromatic N) is 1. The SMILES string of the molecule is CO[C@H]1[C@@H](c2ccc(F)c(F)c2C2CC2)[C@H](c2cc(=O)c3c(C(N)=O)nccc3[nH]2)O[C@@]1(C)C(F)(F)F. The Morgan fingerprint density at radius 1 is 1.24 bits per heavy atom. The van der Waals surface area contributed by atoms with Crippen LogP contribution in [0, 0.1) is 11.6 Å². The number of methoxy groups -OCH3 is 1. The normalized spacial score (nSPS) is 26.1. The van der Waals surface area contributed by atoms with Crippen LogP contribution in [0.15, 0.2) is 35.3 Å². The molecule has 3 aromatic rings. The third-order valence-electron chi connectivity index (χ3n) is 7.20. The van der Waals surface area contributed by atoms with Crippen LogP contribution in [0.3, 0.4) is 0 Å². The number of rotatable bonds is 5. The molecule has 0 spiro atoms. The van der Waals surface area contributed by atoms with Crippen LogP contribution in [0.4, 0.5) is 22.0 Å². The molecule has 37 heavy (non-hydrogen) atoms. The summed E-state index contributed by atoms with van der Waals surface area (Å²) in [5.41, 5.74) is 1.55. The molecule has 3 heterocycles. The van der Waals surface area contributed by atoms with E-state index in [0.717, 1.165) is 26.2 Å².